The Labute approximate surface area is 98.2 Å². The molecule has 2 rings (SSSR count). The number of carbonyl (C=O) groups is 1. The molecule has 0 saturated heterocycles. The van der Waals surface area contributed by atoms with E-state index in [1.807, 2.05) is 18.2 Å². The highest BCUT2D eigenvalue weighted by atomic mass is 16.5. The van der Waals surface area contributed by atoms with Crippen molar-refractivity contribution < 1.29 is 14.6 Å². The van der Waals surface area contributed by atoms with Gasteiger partial charge < -0.3 is 9.84 Å². The number of ether oxygens (including phenoxy) is 1. The number of hydrogen-bond donors (Lipinski definition) is 1. The number of nitrogens with zero attached hydrogens (tertiary/aromatic N) is 1. The van der Waals surface area contributed by atoms with Crippen LogP contribution in [-0.2, 0) is 4.79 Å². The predicted octanol–water partition coefficient (Wildman–Crippen LogP) is 2.25. The quantitative estimate of drug-likeness (QED) is 0.817. The van der Waals surface area contributed by atoms with Gasteiger partial charge in [-0.3, -0.25) is 4.98 Å². The number of fused-ring (bicyclic) bond motifs is 1. The van der Waals surface area contributed by atoms with Gasteiger partial charge in [0.1, 0.15) is 12.4 Å². The summed E-state index contributed by atoms with van der Waals surface area (Å²) < 4.78 is 5.32. The van der Waals surface area contributed by atoms with Crippen molar-refractivity contribution in [2.75, 3.05) is 6.61 Å². The van der Waals surface area contributed by atoms with E-state index in [1.165, 1.54) is 0 Å². The standard InChI is InChI=1S/C13H11NO3/c1-9(13(15)16)8-17-11-5-4-10-3-2-6-14-12(10)7-11/h2-7H,1,8H2,(H,15,16). The molecule has 4 nitrogen and oxygen atoms in total. The lowest BCUT2D eigenvalue weighted by atomic mass is 10.2. The smallest absolute Gasteiger partial charge is 0.334 e. The molecule has 0 spiro atoms. The van der Waals surface area contributed by atoms with Gasteiger partial charge in [0.25, 0.3) is 0 Å². The van der Waals surface area contributed by atoms with E-state index in [1.54, 1.807) is 18.3 Å². The van der Waals surface area contributed by atoms with E-state index in [9.17, 15) is 4.79 Å². The first-order valence-corrected chi connectivity index (χ1v) is 5.05. The lowest BCUT2D eigenvalue weighted by Crippen LogP contribution is -2.08. The van der Waals surface area contributed by atoms with Gasteiger partial charge in [-0.1, -0.05) is 12.6 Å². The normalized spacial score (nSPS) is 10.1. The van der Waals surface area contributed by atoms with Crippen LogP contribution in [0.2, 0.25) is 0 Å². The fourth-order valence-electron chi connectivity index (χ4n) is 1.37. The molecule has 1 heterocycles. The first-order valence-electron chi connectivity index (χ1n) is 5.05. The third-order valence-corrected chi connectivity index (χ3v) is 2.29. The van der Waals surface area contributed by atoms with Crippen LogP contribution in [0.3, 0.4) is 0 Å². The summed E-state index contributed by atoms with van der Waals surface area (Å²) in [6, 6.07) is 9.22. The van der Waals surface area contributed by atoms with Gasteiger partial charge in [-0.05, 0) is 18.2 Å². The van der Waals surface area contributed by atoms with Crippen LogP contribution in [0.25, 0.3) is 10.9 Å². The molecule has 0 aliphatic heterocycles. The fourth-order valence-corrected chi connectivity index (χ4v) is 1.37. The second-order valence-electron chi connectivity index (χ2n) is 3.56. The highest BCUT2D eigenvalue weighted by molar-refractivity contribution is 5.86. The van der Waals surface area contributed by atoms with Crippen molar-refractivity contribution in [3.05, 3.63) is 48.7 Å². The Bertz CT molecular complexity index is 578. The van der Waals surface area contributed by atoms with E-state index in [-0.39, 0.29) is 12.2 Å². The summed E-state index contributed by atoms with van der Waals surface area (Å²) >= 11 is 0. The Kier molecular flexibility index (Phi) is 3.05. The zero-order valence-electron chi connectivity index (χ0n) is 9.09. The fraction of sp³-hybridized carbons (Fsp3) is 0.0769. The molecule has 0 saturated carbocycles. The van der Waals surface area contributed by atoms with Crippen molar-refractivity contribution >= 4 is 16.9 Å². The van der Waals surface area contributed by atoms with Gasteiger partial charge in [-0.25, -0.2) is 4.79 Å². The summed E-state index contributed by atoms with van der Waals surface area (Å²) in [6.07, 6.45) is 1.70. The second kappa shape index (κ2) is 4.65. The van der Waals surface area contributed by atoms with Crippen LogP contribution < -0.4 is 4.74 Å². The maximum atomic E-state index is 10.5. The molecule has 86 valence electrons. The number of aromatic nitrogens is 1. The highest BCUT2D eigenvalue weighted by Gasteiger charge is 2.05. The Hall–Kier alpha value is -2.36. The number of carboxylic acids is 1. The number of rotatable bonds is 4. The van der Waals surface area contributed by atoms with Crippen molar-refractivity contribution in [1.82, 2.24) is 4.98 Å². The number of aliphatic carboxylic acids is 1. The Morgan fingerprint density at radius 2 is 2.24 bits per heavy atom. The lowest BCUT2D eigenvalue weighted by molar-refractivity contribution is -0.133. The third-order valence-electron chi connectivity index (χ3n) is 2.29. The van der Waals surface area contributed by atoms with E-state index in [2.05, 4.69) is 11.6 Å². The Balaban J connectivity index is 2.14. The molecule has 0 amide bonds. The molecular formula is C13H11NO3. The average molecular weight is 229 g/mol. The van der Waals surface area contributed by atoms with E-state index >= 15 is 0 Å². The van der Waals surface area contributed by atoms with Gasteiger partial charge in [0.2, 0.25) is 0 Å². The maximum Gasteiger partial charge on any atom is 0.334 e. The van der Waals surface area contributed by atoms with Crippen molar-refractivity contribution in [2.45, 2.75) is 0 Å². The molecule has 1 aromatic carbocycles. The van der Waals surface area contributed by atoms with Gasteiger partial charge in [0, 0.05) is 17.6 Å². The molecule has 0 unspecified atom stereocenters. The minimum Gasteiger partial charge on any atom is -0.489 e. The summed E-state index contributed by atoms with van der Waals surface area (Å²) in [5.41, 5.74) is 0.831. The van der Waals surface area contributed by atoms with Gasteiger partial charge in [0.15, 0.2) is 0 Å². The van der Waals surface area contributed by atoms with Crippen LogP contribution in [0.4, 0.5) is 0 Å². The number of pyridine rings is 1. The molecule has 2 aromatic rings. The molecule has 1 N–H and O–H groups in total. The van der Waals surface area contributed by atoms with Crippen molar-refractivity contribution in [3.8, 4) is 5.75 Å². The van der Waals surface area contributed by atoms with Crippen molar-refractivity contribution in [3.63, 3.8) is 0 Å². The van der Waals surface area contributed by atoms with E-state index in [0.717, 1.165) is 10.9 Å². The van der Waals surface area contributed by atoms with E-state index < -0.39 is 5.97 Å². The predicted molar refractivity (Wildman–Crippen MR) is 64.0 cm³/mol. The Morgan fingerprint density at radius 1 is 1.41 bits per heavy atom. The minimum atomic E-state index is -1.05. The topological polar surface area (TPSA) is 59.4 Å². The molecule has 17 heavy (non-hydrogen) atoms. The molecule has 0 aliphatic carbocycles. The van der Waals surface area contributed by atoms with Crippen LogP contribution in [0, 0.1) is 0 Å². The van der Waals surface area contributed by atoms with Crippen LogP contribution in [0.1, 0.15) is 0 Å². The number of carboxylic acid groups (broad SMARTS) is 1. The van der Waals surface area contributed by atoms with Crippen LogP contribution >= 0.6 is 0 Å². The highest BCUT2D eigenvalue weighted by Crippen LogP contribution is 2.18. The maximum absolute atomic E-state index is 10.5. The molecule has 0 radical (unpaired) electrons. The summed E-state index contributed by atoms with van der Waals surface area (Å²) in [5, 5.41) is 9.65. The van der Waals surface area contributed by atoms with Crippen LogP contribution in [0.5, 0.6) is 5.75 Å². The number of benzene rings is 1. The van der Waals surface area contributed by atoms with E-state index in [0.29, 0.717) is 5.75 Å². The summed E-state index contributed by atoms with van der Waals surface area (Å²) in [4.78, 5) is 14.7. The molecule has 0 fully saturated rings. The second-order valence-corrected chi connectivity index (χ2v) is 3.56. The zero-order valence-corrected chi connectivity index (χ0v) is 9.09. The molecule has 0 atom stereocenters. The molecule has 1 aromatic heterocycles. The first kappa shape index (κ1) is 11.1. The van der Waals surface area contributed by atoms with Gasteiger partial charge in [-0.15, -0.1) is 0 Å². The summed E-state index contributed by atoms with van der Waals surface area (Å²) in [7, 11) is 0. The van der Waals surface area contributed by atoms with Gasteiger partial charge >= 0.3 is 5.97 Å². The number of hydrogen-bond acceptors (Lipinski definition) is 3. The summed E-state index contributed by atoms with van der Waals surface area (Å²) in [6.45, 7) is 3.36. The molecule has 0 aliphatic rings. The van der Waals surface area contributed by atoms with Crippen molar-refractivity contribution in [2.24, 2.45) is 0 Å². The molecule has 4 heteroatoms. The average Bonchev–Trinajstić information content (AvgIpc) is 2.35. The Morgan fingerprint density at radius 3 is 3.00 bits per heavy atom. The molecular weight excluding hydrogens is 218 g/mol. The van der Waals surface area contributed by atoms with Crippen LogP contribution in [-0.4, -0.2) is 22.7 Å². The monoisotopic (exact) mass is 229 g/mol. The summed E-state index contributed by atoms with van der Waals surface area (Å²) in [5.74, 6) is -0.470. The largest absolute Gasteiger partial charge is 0.489 e. The first-order chi connectivity index (χ1) is 8.16. The van der Waals surface area contributed by atoms with E-state index in [4.69, 9.17) is 9.84 Å². The van der Waals surface area contributed by atoms with Gasteiger partial charge in [0.05, 0.1) is 11.1 Å². The zero-order chi connectivity index (χ0) is 12.3. The SMILES string of the molecule is C=C(COc1ccc2cccnc2c1)C(=O)O. The van der Waals surface area contributed by atoms with Gasteiger partial charge in [-0.2, -0.15) is 0 Å². The lowest BCUT2D eigenvalue weighted by Gasteiger charge is -2.06. The van der Waals surface area contributed by atoms with Crippen molar-refractivity contribution in [1.29, 1.82) is 0 Å². The van der Waals surface area contributed by atoms with Crippen LogP contribution in [0.15, 0.2) is 48.7 Å². The molecule has 0 bridgehead atoms. The third kappa shape index (κ3) is 2.60. The minimum absolute atomic E-state index is 0.0196.